The van der Waals surface area contributed by atoms with Crippen molar-refractivity contribution < 1.29 is 9.90 Å². The van der Waals surface area contributed by atoms with Crippen LogP contribution in [0.15, 0.2) is 43.0 Å². The molecule has 2 aliphatic heterocycles. The molecule has 2 saturated heterocycles. The molecule has 0 amide bonds. The van der Waals surface area contributed by atoms with E-state index >= 15 is 0 Å². The third-order valence-electron chi connectivity index (χ3n) is 5.97. The Morgan fingerprint density at radius 1 is 1.21 bits per heavy atom. The number of pyridine rings is 1. The van der Waals surface area contributed by atoms with Crippen LogP contribution in [-0.2, 0) is 11.3 Å². The van der Waals surface area contributed by atoms with Crippen LogP contribution in [-0.4, -0.2) is 61.5 Å². The molecule has 5 heterocycles. The molecule has 0 unspecified atom stereocenters. The maximum Gasteiger partial charge on any atom is 0.313 e. The monoisotopic (exact) mass is 378 g/mol. The molecule has 5 rings (SSSR count). The molecule has 2 aliphatic rings. The number of nitrogens with zero attached hydrogens (tertiary/aromatic N) is 6. The summed E-state index contributed by atoms with van der Waals surface area (Å²) in [7, 11) is 0. The summed E-state index contributed by atoms with van der Waals surface area (Å²) in [5.74, 6) is -0.0723. The smallest absolute Gasteiger partial charge is 0.313 e. The normalized spacial score (nSPS) is 24.8. The number of imidazole rings is 1. The Morgan fingerprint density at radius 3 is 2.79 bits per heavy atom. The highest BCUT2D eigenvalue weighted by Gasteiger charge is 2.58. The molecule has 0 saturated carbocycles. The lowest BCUT2D eigenvalue weighted by Crippen LogP contribution is -2.41. The Balaban J connectivity index is 1.35. The van der Waals surface area contributed by atoms with E-state index in [4.69, 9.17) is 0 Å². The molecule has 8 heteroatoms. The molecule has 0 aliphatic carbocycles. The van der Waals surface area contributed by atoms with Crippen LogP contribution < -0.4 is 4.90 Å². The molecular weight excluding hydrogens is 356 g/mol. The van der Waals surface area contributed by atoms with Gasteiger partial charge >= 0.3 is 5.97 Å². The van der Waals surface area contributed by atoms with Gasteiger partial charge in [-0.05, 0) is 24.6 Å². The van der Waals surface area contributed by atoms with Gasteiger partial charge in [-0.2, -0.15) is 0 Å². The first-order valence-electron chi connectivity index (χ1n) is 9.45. The van der Waals surface area contributed by atoms with Gasteiger partial charge in [0.15, 0.2) is 0 Å². The minimum atomic E-state index is -0.783. The fourth-order valence-corrected chi connectivity index (χ4v) is 4.66. The van der Waals surface area contributed by atoms with Gasteiger partial charge < -0.3 is 14.4 Å². The van der Waals surface area contributed by atoms with Crippen LogP contribution in [0.4, 0.5) is 5.95 Å². The van der Waals surface area contributed by atoms with Crippen molar-refractivity contribution in [3.8, 4) is 0 Å². The molecule has 3 aromatic heterocycles. The van der Waals surface area contributed by atoms with Crippen molar-refractivity contribution in [1.29, 1.82) is 0 Å². The van der Waals surface area contributed by atoms with Crippen molar-refractivity contribution in [3.05, 3.63) is 54.2 Å². The number of aryl methyl sites for hydroxylation is 1. The van der Waals surface area contributed by atoms with E-state index in [9.17, 15) is 9.90 Å². The number of aliphatic carboxylic acids is 1. The predicted molar refractivity (Wildman–Crippen MR) is 103 cm³/mol. The van der Waals surface area contributed by atoms with E-state index in [1.807, 2.05) is 27.6 Å². The van der Waals surface area contributed by atoms with Gasteiger partial charge in [-0.15, -0.1) is 0 Å². The second kappa shape index (κ2) is 6.27. The summed E-state index contributed by atoms with van der Waals surface area (Å²) < 4.78 is 2.03. The number of hydrogen-bond donors (Lipinski definition) is 1. The summed E-state index contributed by atoms with van der Waals surface area (Å²) in [6.07, 6.45) is 7.48. The van der Waals surface area contributed by atoms with Crippen molar-refractivity contribution in [3.63, 3.8) is 0 Å². The van der Waals surface area contributed by atoms with E-state index in [1.54, 1.807) is 18.5 Å². The van der Waals surface area contributed by atoms with E-state index < -0.39 is 11.4 Å². The van der Waals surface area contributed by atoms with Gasteiger partial charge in [-0.25, -0.2) is 15.0 Å². The minimum Gasteiger partial charge on any atom is -0.481 e. The Labute approximate surface area is 162 Å². The van der Waals surface area contributed by atoms with Crippen LogP contribution in [0, 0.1) is 18.3 Å². The number of fused-ring (bicyclic) bond motifs is 2. The van der Waals surface area contributed by atoms with E-state index in [0.717, 1.165) is 17.9 Å². The molecule has 0 bridgehead atoms. The topological polar surface area (TPSA) is 86.9 Å². The molecule has 8 nitrogen and oxygen atoms in total. The van der Waals surface area contributed by atoms with Crippen LogP contribution in [0.2, 0.25) is 0 Å². The molecule has 1 N–H and O–H groups in total. The number of hydrogen-bond acceptors (Lipinski definition) is 6. The first-order valence-corrected chi connectivity index (χ1v) is 9.45. The lowest BCUT2D eigenvalue weighted by Gasteiger charge is -2.25. The van der Waals surface area contributed by atoms with Crippen molar-refractivity contribution in [2.24, 2.45) is 11.3 Å². The highest BCUT2D eigenvalue weighted by molar-refractivity contribution is 5.78. The summed E-state index contributed by atoms with van der Waals surface area (Å²) in [5.41, 5.74) is 2.28. The van der Waals surface area contributed by atoms with Crippen molar-refractivity contribution in [2.75, 3.05) is 31.1 Å². The third-order valence-corrected chi connectivity index (χ3v) is 5.97. The number of anilines is 1. The van der Waals surface area contributed by atoms with E-state index in [2.05, 4.69) is 33.0 Å². The third kappa shape index (κ3) is 2.72. The summed E-state index contributed by atoms with van der Waals surface area (Å²) >= 11 is 0. The van der Waals surface area contributed by atoms with Crippen LogP contribution in [0.3, 0.4) is 0 Å². The molecular formula is C20H22N6O2. The Kier molecular flexibility index (Phi) is 3.83. The maximum atomic E-state index is 12.2. The molecule has 0 spiro atoms. The van der Waals surface area contributed by atoms with Gasteiger partial charge in [-0.3, -0.25) is 9.69 Å². The molecule has 0 radical (unpaired) electrons. The van der Waals surface area contributed by atoms with Crippen molar-refractivity contribution in [2.45, 2.75) is 13.5 Å². The molecule has 0 aromatic carbocycles. The minimum absolute atomic E-state index is 0.0491. The van der Waals surface area contributed by atoms with Gasteiger partial charge in [0.05, 0.1) is 5.69 Å². The highest BCUT2D eigenvalue weighted by atomic mass is 16.4. The fraction of sp³-hybridized carbons (Fsp3) is 0.400. The summed E-state index contributed by atoms with van der Waals surface area (Å²) in [5, 5.41) is 10.1. The average molecular weight is 378 g/mol. The Bertz CT molecular complexity index is 1040. The second-order valence-electron chi connectivity index (χ2n) is 7.96. The number of carboxylic acids is 1. The lowest BCUT2D eigenvalue weighted by molar-refractivity contribution is -0.148. The van der Waals surface area contributed by atoms with Crippen LogP contribution in [0.25, 0.3) is 5.65 Å². The zero-order valence-electron chi connectivity index (χ0n) is 15.7. The van der Waals surface area contributed by atoms with Gasteiger partial charge in [0, 0.05) is 63.4 Å². The largest absolute Gasteiger partial charge is 0.481 e. The van der Waals surface area contributed by atoms with Crippen LogP contribution in [0.1, 0.15) is 11.3 Å². The zero-order chi connectivity index (χ0) is 19.3. The molecule has 2 atom stereocenters. The van der Waals surface area contributed by atoms with Gasteiger partial charge in [0.25, 0.3) is 0 Å². The van der Waals surface area contributed by atoms with Crippen molar-refractivity contribution >= 4 is 17.6 Å². The Hall–Kier alpha value is -3.00. The van der Waals surface area contributed by atoms with Crippen molar-refractivity contribution in [1.82, 2.24) is 24.3 Å². The lowest BCUT2D eigenvalue weighted by atomic mass is 9.81. The molecule has 3 aromatic rings. The van der Waals surface area contributed by atoms with E-state index in [-0.39, 0.29) is 5.92 Å². The second-order valence-corrected chi connectivity index (χ2v) is 7.96. The van der Waals surface area contributed by atoms with Crippen LogP contribution in [0.5, 0.6) is 0 Å². The SMILES string of the molecule is Cc1ccc2nc(CN3C[C@H]4CN(c5ncccn5)C[C@@]4(C(=O)O)C3)cn2c1. The number of rotatable bonds is 4. The highest BCUT2D eigenvalue weighted by Crippen LogP contribution is 2.44. The number of likely N-dealkylation sites (tertiary alicyclic amines) is 1. The quantitative estimate of drug-likeness (QED) is 0.735. The first-order chi connectivity index (χ1) is 13.5. The number of carboxylic acid groups (broad SMARTS) is 1. The van der Waals surface area contributed by atoms with Crippen LogP contribution >= 0.6 is 0 Å². The zero-order valence-corrected chi connectivity index (χ0v) is 15.7. The molecule has 28 heavy (non-hydrogen) atoms. The molecule has 2 fully saturated rings. The predicted octanol–water partition coefficient (Wildman–Crippen LogP) is 1.46. The Morgan fingerprint density at radius 2 is 2.04 bits per heavy atom. The average Bonchev–Trinajstić information content (AvgIpc) is 3.32. The molecule has 144 valence electrons. The summed E-state index contributed by atoms with van der Waals surface area (Å²) in [6, 6.07) is 5.82. The first kappa shape index (κ1) is 17.1. The number of aromatic nitrogens is 4. The van der Waals surface area contributed by atoms with E-state index in [0.29, 0.717) is 32.1 Å². The van der Waals surface area contributed by atoms with Gasteiger partial charge in [0.1, 0.15) is 11.1 Å². The summed E-state index contributed by atoms with van der Waals surface area (Å²) in [6.45, 7) is 5.08. The maximum absolute atomic E-state index is 12.2. The standard InChI is InChI=1S/C20H22N6O2/c1-14-3-4-17-23-16(11-25(17)7-14)10-24-8-15-9-26(19-21-5-2-6-22-19)13-20(15,12-24)18(27)28/h2-7,11,15H,8-10,12-13H2,1H3,(H,27,28)/t15-,20-/m0/s1. The van der Waals surface area contributed by atoms with Gasteiger partial charge in [0.2, 0.25) is 5.95 Å². The summed E-state index contributed by atoms with van der Waals surface area (Å²) in [4.78, 5) is 29.7. The fourth-order valence-electron chi connectivity index (χ4n) is 4.66. The number of carbonyl (C=O) groups is 1. The van der Waals surface area contributed by atoms with Gasteiger partial charge in [-0.1, -0.05) is 6.07 Å². The van der Waals surface area contributed by atoms with E-state index in [1.165, 1.54) is 5.56 Å².